The van der Waals surface area contributed by atoms with Crippen LogP contribution >= 0.6 is 0 Å². The van der Waals surface area contributed by atoms with Crippen LogP contribution in [0.2, 0.25) is 0 Å². The fraction of sp³-hybridized carbons (Fsp3) is 0.462. The summed E-state index contributed by atoms with van der Waals surface area (Å²) in [4.78, 5) is 4.26. The predicted octanol–water partition coefficient (Wildman–Crippen LogP) is 1.59. The van der Waals surface area contributed by atoms with Gasteiger partial charge in [0.05, 0.1) is 12.6 Å². The Balaban J connectivity index is 2.69. The second-order valence-corrected chi connectivity index (χ2v) is 6.41. The standard InChI is InChI=1S/C13H19N3O3S/c1-5-12-14-13(20(17,18)15-9(2)3)11-8-10(19-4)6-7-16(11)12/h6-9,15H,5H2,1-4H3. The molecule has 2 aromatic rings. The van der Waals surface area contributed by atoms with Gasteiger partial charge in [0.25, 0.3) is 10.0 Å². The minimum Gasteiger partial charge on any atom is -0.497 e. The quantitative estimate of drug-likeness (QED) is 0.909. The van der Waals surface area contributed by atoms with Crippen molar-refractivity contribution >= 4 is 15.5 Å². The van der Waals surface area contributed by atoms with Gasteiger partial charge in [0, 0.05) is 24.7 Å². The molecule has 7 heteroatoms. The van der Waals surface area contributed by atoms with E-state index >= 15 is 0 Å². The van der Waals surface area contributed by atoms with Crippen LogP contribution in [-0.4, -0.2) is 31.0 Å². The Morgan fingerprint density at radius 3 is 2.70 bits per heavy atom. The molecule has 2 heterocycles. The highest BCUT2D eigenvalue weighted by Gasteiger charge is 2.23. The smallest absolute Gasteiger partial charge is 0.260 e. The van der Waals surface area contributed by atoms with E-state index in [-0.39, 0.29) is 11.1 Å². The van der Waals surface area contributed by atoms with E-state index in [4.69, 9.17) is 4.74 Å². The van der Waals surface area contributed by atoms with Crippen LogP contribution in [0.5, 0.6) is 5.75 Å². The van der Waals surface area contributed by atoms with E-state index in [0.29, 0.717) is 23.5 Å². The number of nitrogens with one attached hydrogen (secondary N) is 1. The number of methoxy groups -OCH3 is 1. The number of imidazole rings is 1. The highest BCUT2D eigenvalue weighted by Crippen LogP contribution is 2.23. The molecule has 1 N–H and O–H groups in total. The lowest BCUT2D eigenvalue weighted by Crippen LogP contribution is -2.30. The summed E-state index contributed by atoms with van der Waals surface area (Å²) in [5.41, 5.74) is 0.523. The van der Waals surface area contributed by atoms with Crippen molar-refractivity contribution in [3.8, 4) is 5.75 Å². The average Bonchev–Trinajstić information content (AvgIpc) is 2.75. The van der Waals surface area contributed by atoms with Crippen molar-refractivity contribution in [3.05, 3.63) is 24.2 Å². The van der Waals surface area contributed by atoms with E-state index < -0.39 is 10.0 Å². The summed E-state index contributed by atoms with van der Waals surface area (Å²) in [7, 11) is -2.09. The average molecular weight is 297 g/mol. The summed E-state index contributed by atoms with van der Waals surface area (Å²) in [6, 6.07) is 3.27. The maximum absolute atomic E-state index is 12.4. The molecule has 0 amide bonds. The van der Waals surface area contributed by atoms with Gasteiger partial charge in [0.15, 0.2) is 5.03 Å². The van der Waals surface area contributed by atoms with Gasteiger partial charge < -0.3 is 9.14 Å². The van der Waals surface area contributed by atoms with Gasteiger partial charge in [-0.15, -0.1) is 0 Å². The van der Waals surface area contributed by atoms with E-state index in [2.05, 4.69) is 9.71 Å². The molecule has 0 fully saturated rings. The van der Waals surface area contributed by atoms with Crippen LogP contribution < -0.4 is 9.46 Å². The van der Waals surface area contributed by atoms with Crippen molar-refractivity contribution in [2.45, 2.75) is 38.3 Å². The number of nitrogens with zero attached hydrogens (tertiary/aromatic N) is 2. The van der Waals surface area contributed by atoms with Crippen LogP contribution in [-0.2, 0) is 16.4 Å². The summed E-state index contributed by atoms with van der Waals surface area (Å²) in [6.45, 7) is 5.49. The molecule has 20 heavy (non-hydrogen) atoms. The summed E-state index contributed by atoms with van der Waals surface area (Å²) in [5, 5.41) is 0.0435. The summed E-state index contributed by atoms with van der Waals surface area (Å²) in [6.07, 6.45) is 2.42. The molecule has 0 radical (unpaired) electrons. The minimum absolute atomic E-state index is 0.0435. The number of fused-ring (bicyclic) bond motifs is 1. The SMILES string of the molecule is CCc1nc(S(=O)(=O)NC(C)C)c2cc(OC)ccn12. The zero-order chi connectivity index (χ0) is 14.9. The number of aryl methyl sites for hydroxylation is 1. The number of pyridine rings is 1. The van der Waals surface area contributed by atoms with Gasteiger partial charge in [-0.3, -0.25) is 0 Å². The summed E-state index contributed by atoms with van der Waals surface area (Å²) < 4.78 is 34.2. The molecule has 110 valence electrons. The lowest BCUT2D eigenvalue weighted by Gasteiger charge is -2.08. The zero-order valence-corrected chi connectivity index (χ0v) is 12.9. The molecule has 0 bridgehead atoms. The number of hydrogen-bond acceptors (Lipinski definition) is 4. The Kier molecular flexibility index (Phi) is 4.01. The number of aromatic nitrogens is 2. The van der Waals surface area contributed by atoms with Gasteiger partial charge in [0.1, 0.15) is 11.6 Å². The lowest BCUT2D eigenvalue weighted by molar-refractivity contribution is 0.414. The van der Waals surface area contributed by atoms with Crippen molar-refractivity contribution in [1.29, 1.82) is 0 Å². The molecule has 0 unspecified atom stereocenters. The predicted molar refractivity (Wildman–Crippen MR) is 76.6 cm³/mol. The molecular formula is C13H19N3O3S. The minimum atomic E-state index is -3.64. The number of rotatable bonds is 5. The Morgan fingerprint density at radius 2 is 2.15 bits per heavy atom. The van der Waals surface area contributed by atoms with Gasteiger partial charge in [0.2, 0.25) is 0 Å². The van der Waals surface area contributed by atoms with Crippen molar-refractivity contribution < 1.29 is 13.2 Å². The second kappa shape index (κ2) is 5.41. The van der Waals surface area contributed by atoms with Gasteiger partial charge in [-0.1, -0.05) is 6.92 Å². The summed E-state index contributed by atoms with van der Waals surface area (Å²) in [5.74, 6) is 1.30. The Labute approximate surface area is 118 Å². The monoisotopic (exact) mass is 297 g/mol. The molecule has 2 rings (SSSR count). The van der Waals surface area contributed by atoms with Crippen LogP contribution in [0.4, 0.5) is 0 Å². The van der Waals surface area contributed by atoms with Crippen LogP contribution in [0.1, 0.15) is 26.6 Å². The molecule has 0 aromatic carbocycles. The fourth-order valence-electron chi connectivity index (χ4n) is 2.04. The Hall–Kier alpha value is -1.60. The Morgan fingerprint density at radius 1 is 1.45 bits per heavy atom. The first-order valence-electron chi connectivity index (χ1n) is 6.46. The fourth-order valence-corrected chi connectivity index (χ4v) is 3.43. The van der Waals surface area contributed by atoms with Crippen LogP contribution in [0.15, 0.2) is 23.4 Å². The topological polar surface area (TPSA) is 72.7 Å². The maximum Gasteiger partial charge on any atom is 0.260 e. The molecule has 2 aromatic heterocycles. The van der Waals surface area contributed by atoms with Crippen molar-refractivity contribution in [3.63, 3.8) is 0 Å². The second-order valence-electron chi connectivity index (χ2n) is 4.78. The van der Waals surface area contributed by atoms with Crippen molar-refractivity contribution in [2.24, 2.45) is 0 Å². The molecule has 6 nitrogen and oxygen atoms in total. The van der Waals surface area contributed by atoms with E-state index in [0.717, 1.165) is 0 Å². The Bertz CT molecular complexity index is 720. The third kappa shape index (κ3) is 2.64. The molecule has 0 aliphatic rings. The van der Waals surface area contributed by atoms with Crippen molar-refractivity contribution in [2.75, 3.05) is 7.11 Å². The molecule has 0 aliphatic heterocycles. The highest BCUT2D eigenvalue weighted by molar-refractivity contribution is 7.89. The number of hydrogen-bond donors (Lipinski definition) is 1. The summed E-state index contributed by atoms with van der Waals surface area (Å²) >= 11 is 0. The first kappa shape index (κ1) is 14.8. The van der Waals surface area contributed by atoms with Crippen molar-refractivity contribution in [1.82, 2.24) is 14.1 Å². The van der Waals surface area contributed by atoms with E-state index in [9.17, 15) is 8.42 Å². The largest absolute Gasteiger partial charge is 0.497 e. The van der Waals surface area contributed by atoms with Crippen LogP contribution in [0.25, 0.3) is 5.52 Å². The zero-order valence-electron chi connectivity index (χ0n) is 12.0. The number of sulfonamides is 1. The van der Waals surface area contributed by atoms with Gasteiger partial charge in [-0.25, -0.2) is 18.1 Å². The normalized spacial score (nSPS) is 12.2. The third-order valence-corrected chi connectivity index (χ3v) is 4.44. The maximum atomic E-state index is 12.4. The molecular weight excluding hydrogens is 278 g/mol. The molecule has 0 saturated carbocycles. The van der Waals surface area contributed by atoms with Crippen LogP contribution in [0, 0.1) is 0 Å². The van der Waals surface area contributed by atoms with Gasteiger partial charge in [-0.05, 0) is 19.9 Å². The molecule has 0 atom stereocenters. The van der Waals surface area contributed by atoms with E-state index in [1.165, 1.54) is 0 Å². The first-order valence-corrected chi connectivity index (χ1v) is 7.94. The van der Waals surface area contributed by atoms with Gasteiger partial charge >= 0.3 is 0 Å². The molecule has 0 saturated heterocycles. The lowest BCUT2D eigenvalue weighted by atomic mass is 10.4. The molecule has 0 aliphatic carbocycles. The first-order chi connectivity index (χ1) is 9.39. The number of ether oxygens (including phenoxy) is 1. The highest BCUT2D eigenvalue weighted by atomic mass is 32.2. The third-order valence-electron chi connectivity index (χ3n) is 2.85. The molecule has 0 spiro atoms. The van der Waals surface area contributed by atoms with E-state index in [1.54, 1.807) is 43.7 Å². The van der Waals surface area contributed by atoms with Gasteiger partial charge in [-0.2, -0.15) is 0 Å². The van der Waals surface area contributed by atoms with E-state index in [1.807, 2.05) is 6.92 Å². The van der Waals surface area contributed by atoms with Crippen LogP contribution in [0.3, 0.4) is 0 Å².